The molecule has 4 heterocycles. The molecule has 14 nitrogen and oxygen atoms in total. The fourth-order valence-electron chi connectivity index (χ4n) is 3.38. The molecule has 0 spiro atoms. The van der Waals surface area contributed by atoms with E-state index in [1.165, 1.54) is 0 Å². The molecule has 194 valence electrons. The van der Waals surface area contributed by atoms with Crippen LogP contribution in [0, 0.1) is 0 Å². The third-order valence-corrected chi connectivity index (χ3v) is 9.92. The predicted octanol–water partition coefficient (Wildman–Crippen LogP) is 1.09. The van der Waals surface area contributed by atoms with Crippen LogP contribution in [0.4, 0.5) is 9.59 Å². The summed E-state index contributed by atoms with van der Waals surface area (Å²) in [5, 5.41) is 7.91. The fourth-order valence-corrected chi connectivity index (χ4v) is 8.92. The summed E-state index contributed by atoms with van der Waals surface area (Å²) in [5.74, 6) is -5.31. The van der Waals surface area contributed by atoms with Gasteiger partial charge in [-0.1, -0.05) is 47.0 Å². The van der Waals surface area contributed by atoms with E-state index in [1.807, 2.05) is 21.3 Å². The molecule has 5 rings (SSSR count). The molecule has 0 aromatic heterocycles. The number of urea groups is 2. The lowest BCUT2D eigenvalue weighted by molar-refractivity contribution is -0.133. The average Bonchev–Trinajstić information content (AvgIpc) is 3.39. The van der Waals surface area contributed by atoms with E-state index in [9.17, 15) is 38.4 Å². The second-order valence-corrected chi connectivity index (χ2v) is 12.0. The SMILES string of the molecule is CC(=O)Oc1c2c(c(OC(C)=O)c3c1SC(=C1C(=O)NC(=O)NC1=O)S3)SC(=C1C(=O)NC(=O)NC1=O)S2. The van der Waals surface area contributed by atoms with Crippen molar-refractivity contribution in [1.82, 2.24) is 21.3 Å². The van der Waals surface area contributed by atoms with Crippen molar-refractivity contribution in [1.29, 1.82) is 0 Å². The Kier molecular flexibility index (Phi) is 6.49. The molecule has 2 fully saturated rings. The van der Waals surface area contributed by atoms with Gasteiger partial charge in [-0.3, -0.25) is 50.0 Å². The van der Waals surface area contributed by atoms with Gasteiger partial charge in [-0.25, -0.2) is 9.59 Å². The van der Waals surface area contributed by atoms with Gasteiger partial charge in [-0.15, -0.1) is 0 Å². The number of fused-ring (bicyclic) bond motifs is 2. The Balaban J connectivity index is 1.69. The van der Waals surface area contributed by atoms with E-state index in [4.69, 9.17) is 9.47 Å². The van der Waals surface area contributed by atoms with Gasteiger partial charge in [0.2, 0.25) is 0 Å². The molecule has 0 radical (unpaired) electrons. The molecule has 4 N–H and O–H groups in total. The minimum atomic E-state index is -0.985. The van der Waals surface area contributed by atoms with Crippen molar-refractivity contribution in [3.8, 4) is 11.5 Å². The zero-order valence-electron chi connectivity index (χ0n) is 18.7. The van der Waals surface area contributed by atoms with Crippen LogP contribution in [0.1, 0.15) is 13.8 Å². The van der Waals surface area contributed by atoms with Crippen molar-refractivity contribution in [3.63, 3.8) is 0 Å². The van der Waals surface area contributed by atoms with E-state index in [2.05, 4.69) is 0 Å². The Bertz CT molecular complexity index is 1350. The number of nitrogens with one attached hydrogen (secondary N) is 4. The highest BCUT2D eigenvalue weighted by molar-refractivity contribution is 8.26. The molecular formula is C20H10N4O10S4. The van der Waals surface area contributed by atoms with Crippen LogP contribution in [-0.4, -0.2) is 47.6 Å². The second kappa shape index (κ2) is 9.53. The van der Waals surface area contributed by atoms with Gasteiger partial charge in [0.1, 0.15) is 11.1 Å². The van der Waals surface area contributed by atoms with Gasteiger partial charge in [0, 0.05) is 13.8 Å². The summed E-state index contributed by atoms with van der Waals surface area (Å²) in [5.41, 5.74) is -0.747. The molecule has 0 bridgehead atoms. The van der Waals surface area contributed by atoms with Gasteiger partial charge >= 0.3 is 24.0 Å². The molecule has 0 atom stereocenters. The third-order valence-electron chi connectivity index (χ3n) is 4.73. The molecule has 1 aromatic rings. The number of carbonyl (C=O) groups is 8. The molecule has 8 amide bonds. The summed E-state index contributed by atoms with van der Waals surface area (Å²) in [6.07, 6.45) is 0. The Labute approximate surface area is 227 Å². The molecule has 2 saturated heterocycles. The molecule has 1 aromatic carbocycles. The van der Waals surface area contributed by atoms with Gasteiger partial charge in [0.05, 0.1) is 28.1 Å². The first-order valence-electron chi connectivity index (χ1n) is 10.1. The number of rotatable bonds is 2. The fraction of sp³-hybridized carbons (Fsp3) is 0.100. The van der Waals surface area contributed by atoms with Crippen LogP contribution in [0.2, 0.25) is 0 Å². The number of esters is 2. The van der Waals surface area contributed by atoms with Crippen molar-refractivity contribution in [3.05, 3.63) is 19.6 Å². The van der Waals surface area contributed by atoms with Gasteiger partial charge < -0.3 is 9.47 Å². The van der Waals surface area contributed by atoms with E-state index in [1.54, 1.807) is 0 Å². The van der Waals surface area contributed by atoms with Crippen LogP contribution in [0.3, 0.4) is 0 Å². The van der Waals surface area contributed by atoms with E-state index >= 15 is 0 Å². The lowest BCUT2D eigenvalue weighted by atomic mass is 10.2. The number of benzene rings is 1. The number of imide groups is 4. The van der Waals surface area contributed by atoms with Crippen LogP contribution >= 0.6 is 47.0 Å². The van der Waals surface area contributed by atoms with Crippen molar-refractivity contribution >= 4 is 94.7 Å². The topological polar surface area (TPSA) is 203 Å². The Morgan fingerprint density at radius 3 is 1.03 bits per heavy atom. The minimum absolute atomic E-state index is 0.0278. The van der Waals surface area contributed by atoms with Crippen molar-refractivity contribution in [2.24, 2.45) is 0 Å². The van der Waals surface area contributed by atoms with Crippen LogP contribution in [-0.2, 0) is 28.8 Å². The Hall–Kier alpha value is -3.74. The highest BCUT2D eigenvalue weighted by Gasteiger charge is 2.43. The smallest absolute Gasteiger partial charge is 0.328 e. The minimum Gasteiger partial charge on any atom is -0.424 e. The quantitative estimate of drug-likeness (QED) is 0.164. The summed E-state index contributed by atoms with van der Waals surface area (Å²) in [4.78, 5) is 97.5. The van der Waals surface area contributed by atoms with Crippen LogP contribution < -0.4 is 30.7 Å². The first-order valence-corrected chi connectivity index (χ1v) is 13.3. The monoisotopic (exact) mass is 594 g/mol. The molecule has 0 aliphatic carbocycles. The summed E-state index contributed by atoms with van der Waals surface area (Å²) < 4.78 is 11.2. The molecular weight excluding hydrogens is 585 g/mol. The highest BCUT2D eigenvalue weighted by atomic mass is 32.2. The lowest BCUT2D eigenvalue weighted by Crippen LogP contribution is -2.51. The zero-order chi connectivity index (χ0) is 27.5. The third kappa shape index (κ3) is 4.44. The van der Waals surface area contributed by atoms with Gasteiger partial charge in [0.25, 0.3) is 23.6 Å². The molecule has 0 saturated carbocycles. The first kappa shape index (κ1) is 25.9. The van der Waals surface area contributed by atoms with E-state index in [0.29, 0.717) is 0 Å². The largest absolute Gasteiger partial charge is 0.424 e. The Morgan fingerprint density at radius 2 is 0.789 bits per heavy atom. The molecule has 0 unspecified atom stereocenters. The maximum atomic E-state index is 12.4. The van der Waals surface area contributed by atoms with Gasteiger partial charge in [-0.2, -0.15) is 0 Å². The maximum Gasteiger partial charge on any atom is 0.328 e. The number of hydrogen-bond acceptors (Lipinski definition) is 14. The number of carbonyl (C=O) groups excluding carboxylic acids is 8. The molecule has 4 aliphatic heterocycles. The standard InChI is InChI=1S/C20H10N4O10S4/c1-3(25)33-7-9-11(37-17(35-9)5-13(27)21-19(31)22-14(5)28)8(34-4(2)26)12-10(7)36-18(38-12)6-15(29)23-20(32)24-16(6)30/h1-2H3,(H2,21,22,27,28,31)(H2,23,24,29,30,32). The number of barbiturate groups is 2. The maximum absolute atomic E-state index is 12.4. The van der Waals surface area contributed by atoms with Crippen LogP contribution in [0.25, 0.3) is 0 Å². The molecule has 4 aliphatic rings. The number of hydrogen-bond donors (Lipinski definition) is 4. The van der Waals surface area contributed by atoms with Gasteiger partial charge in [-0.05, 0) is 0 Å². The second-order valence-electron chi connectivity index (χ2n) is 7.37. The number of thioether (sulfide) groups is 4. The summed E-state index contributed by atoms with van der Waals surface area (Å²) in [7, 11) is 0. The summed E-state index contributed by atoms with van der Waals surface area (Å²) >= 11 is 3.46. The van der Waals surface area contributed by atoms with Crippen molar-refractivity contribution < 1.29 is 47.8 Å². The number of amides is 8. The van der Waals surface area contributed by atoms with E-state index in [-0.39, 0.29) is 50.7 Å². The van der Waals surface area contributed by atoms with E-state index in [0.717, 1.165) is 60.9 Å². The zero-order valence-corrected chi connectivity index (χ0v) is 22.0. The summed E-state index contributed by atoms with van der Waals surface area (Å²) in [6, 6.07) is -1.97. The Morgan fingerprint density at radius 1 is 0.526 bits per heavy atom. The van der Waals surface area contributed by atoms with E-state index < -0.39 is 47.6 Å². The molecule has 18 heteroatoms. The summed E-state index contributed by atoms with van der Waals surface area (Å²) in [6.45, 7) is 2.27. The van der Waals surface area contributed by atoms with Gasteiger partial charge in [0.15, 0.2) is 11.5 Å². The van der Waals surface area contributed by atoms with Crippen molar-refractivity contribution in [2.75, 3.05) is 0 Å². The average molecular weight is 595 g/mol. The first-order chi connectivity index (χ1) is 17.9. The van der Waals surface area contributed by atoms with Crippen LogP contribution in [0.15, 0.2) is 39.2 Å². The lowest BCUT2D eigenvalue weighted by Gasteiger charge is -2.15. The van der Waals surface area contributed by atoms with Crippen LogP contribution in [0.5, 0.6) is 11.5 Å². The predicted molar refractivity (Wildman–Crippen MR) is 130 cm³/mol. The normalized spacial score (nSPS) is 18.5. The highest BCUT2D eigenvalue weighted by Crippen LogP contribution is 2.68. The van der Waals surface area contributed by atoms with Crippen molar-refractivity contribution in [2.45, 2.75) is 33.4 Å². The molecule has 38 heavy (non-hydrogen) atoms. The number of ether oxygens (including phenoxy) is 2.